The van der Waals surface area contributed by atoms with Crippen LogP contribution in [0.2, 0.25) is 0 Å². The quantitative estimate of drug-likeness (QED) is 0.836. The van der Waals surface area contributed by atoms with Crippen molar-refractivity contribution in [3.63, 3.8) is 0 Å². The Hall–Kier alpha value is -0.860. The lowest BCUT2D eigenvalue weighted by atomic mass is 9.95. The number of nitrogens with two attached hydrogens (primary N) is 1. The first kappa shape index (κ1) is 13.1. The van der Waals surface area contributed by atoms with E-state index in [-0.39, 0.29) is 0 Å². The zero-order valence-electron chi connectivity index (χ0n) is 11.5. The molecule has 0 radical (unpaired) electrons. The van der Waals surface area contributed by atoms with Crippen LogP contribution in [0.15, 0.2) is 29.6 Å². The van der Waals surface area contributed by atoms with E-state index in [1.807, 2.05) is 11.3 Å². The molecule has 2 aromatic rings. The van der Waals surface area contributed by atoms with E-state index in [2.05, 4.69) is 29.6 Å². The number of benzene rings is 1. The van der Waals surface area contributed by atoms with Crippen molar-refractivity contribution in [3.8, 4) is 0 Å². The van der Waals surface area contributed by atoms with Gasteiger partial charge in [0.15, 0.2) is 0 Å². The van der Waals surface area contributed by atoms with E-state index < -0.39 is 0 Å². The van der Waals surface area contributed by atoms with Crippen molar-refractivity contribution in [3.05, 3.63) is 35.2 Å². The lowest BCUT2D eigenvalue weighted by molar-refractivity contribution is 0.447. The van der Waals surface area contributed by atoms with E-state index in [0.717, 1.165) is 12.3 Å². The molecule has 1 aromatic carbocycles. The van der Waals surface area contributed by atoms with Crippen LogP contribution in [0.1, 0.15) is 44.1 Å². The number of fused-ring (bicyclic) bond motifs is 1. The summed E-state index contributed by atoms with van der Waals surface area (Å²) in [4.78, 5) is 0. The van der Waals surface area contributed by atoms with Crippen LogP contribution in [0, 0.1) is 5.92 Å². The van der Waals surface area contributed by atoms with Gasteiger partial charge in [-0.25, -0.2) is 0 Å². The summed E-state index contributed by atoms with van der Waals surface area (Å²) >= 11 is 1.84. The first-order valence-corrected chi connectivity index (χ1v) is 8.41. The van der Waals surface area contributed by atoms with Gasteiger partial charge in [0.2, 0.25) is 0 Å². The lowest BCUT2D eigenvalue weighted by Crippen LogP contribution is -2.23. The van der Waals surface area contributed by atoms with Gasteiger partial charge in [0.05, 0.1) is 0 Å². The van der Waals surface area contributed by atoms with Crippen LogP contribution in [-0.4, -0.2) is 6.04 Å². The summed E-state index contributed by atoms with van der Waals surface area (Å²) in [6.07, 6.45) is 9.32. The smallest absolute Gasteiger partial charge is 0.0345 e. The molecule has 0 bridgehead atoms. The van der Waals surface area contributed by atoms with Crippen molar-refractivity contribution in [1.29, 1.82) is 0 Å². The molecule has 0 spiro atoms. The topological polar surface area (TPSA) is 26.0 Å². The highest BCUT2D eigenvalue weighted by Crippen LogP contribution is 2.30. The van der Waals surface area contributed by atoms with E-state index >= 15 is 0 Å². The Morgan fingerprint density at radius 1 is 1.21 bits per heavy atom. The van der Waals surface area contributed by atoms with Gasteiger partial charge in [-0.15, -0.1) is 11.3 Å². The van der Waals surface area contributed by atoms with Gasteiger partial charge in [-0.2, -0.15) is 0 Å². The molecule has 1 saturated carbocycles. The monoisotopic (exact) mass is 273 g/mol. The number of hydrogen-bond acceptors (Lipinski definition) is 2. The van der Waals surface area contributed by atoms with Crippen molar-refractivity contribution >= 4 is 21.4 Å². The van der Waals surface area contributed by atoms with Gasteiger partial charge in [-0.05, 0) is 47.6 Å². The molecule has 1 aromatic heterocycles. The van der Waals surface area contributed by atoms with E-state index in [1.165, 1.54) is 54.2 Å². The zero-order valence-corrected chi connectivity index (χ0v) is 12.3. The first-order valence-electron chi connectivity index (χ1n) is 7.53. The Morgan fingerprint density at radius 2 is 2.00 bits per heavy atom. The molecule has 0 amide bonds. The van der Waals surface area contributed by atoms with Gasteiger partial charge in [0.1, 0.15) is 0 Å². The second-order valence-electron chi connectivity index (χ2n) is 5.95. The Bertz CT molecular complexity index is 525. The molecule has 1 nitrogen and oxygen atoms in total. The van der Waals surface area contributed by atoms with Gasteiger partial charge < -0.3 is 5.73 Å². The molecule has 0 aliphatic heterocycles. The molecule has 0 saturated heterocycles. The third-order valence-electron chi connectivity index (χ3n) is 4.46. The van der Waals surface area contributed by atoms with Crippen molar-refractivity contribution in [2.75, 3.05) is 0 Å². The summed E-state index contributed by atoms with van der Waals surface area (Å²) < 4.78 is 1.39. The molecule has 1 aliphatic carbocycles. The fourth-order valence-electron chi connectivity index (χ4n) is 3.32. The van der Waals surface area contributed by atoms with Crippen molar-refractivity contribution in [2.24, 2.45) is 11.7 Å². The van der Waals surface area contributed by atoms with Crippen LogP contribution < -0.4 is 5.73 Å². The third-order valence-corrected chi connectivity index (χ3v) is 5.48. The van der Waals surface area contributed by atoms with Crippen LogP contribution in [0.5, 0.6) is 0 Å². The molecule has 1 heterocycles. The predicted molar refractivity (Wildman–Crippen MR) is 84.7 cm³/mol. The van der Waals surface area contributed by atoms with E-state index in [9.17, 15) is 0 Å². The number of rotatable bonds is 5. The Morgan fingerprint density at radius 3 is 2.84 bits per heavy atom. The van der Waals surface area contributed by atoms with Gasteiger partial charge >= 0.3 is 0 Å². The number of thiophene rings is 1. The summed E-state index contributed by atoms with van der Waals surface area (Å²) in [5.41, 5.74) is 7.78. The van der Waals surface area contributed by atoms with Crippen molar-refractivity contribution < 1.29 is 0 Å². The van der Waals surface area contributed by atoms with Crippen molar-refractivity contribution in [1.82, 2.24) is 0 Å². The molecule has 1 fully saturated rings. The predicted octanol–water partition coefficient (Wildman–Crippen LogP) is 4.74. The molecule has 1 atom stereocenters. The van der Waals surface area contributed by atoms with E-state index in [1.54, 1.807) is 0 Å². The average molecular weight is 273 g/mol. The normalized spacial score (nSPS) is 18.2. The van der Waals surface area contributed by atoms with Crippen LogP contribution in [-0.2, 0) is 6.42 Å². The SMILES string of the molecule is NC(CCC1CCCC1)Cc1csc2ccccc12. The maximum atomic E-state index is 6.34. The maximum absolute atomic E-state index is 6.34. The molecular weight excluding hydrogens is 250 g/mol. The third kappa shape index (κ3) is 3.18. The van der Waals surface area contributed by atoms with Gasteiger partial charge in [0.25, 0.3) is 0 Å². The van der Waals surface area contributed by atoms with Crippen LogP contribution in [0.3, 0.4) is 0 Å². The fraction of sp³-hybridized carbons (Fsp3) is 0.529. The maximum Gasteiger partial charge on any atom is 0.0345 e. The molecule has 2 heteroatoms. The Kier molecular flexibility index (Phi) is 4.19. The first-order chi connectivity index (χ1) is 9.33. The Labute approximate surface area is 119 Å². The minimum atomic E-state index is 0.332. The average Bonchev–Trinajstić information content (AvgIpc) is 3.07. The summed E-state index contributed by atoms with van der Waals surface area (Å²) in [6.45, 7) is 0. The second-order valence-corrected chi connectivity index (χ2v) is 6.86. The summed E-state index contributed by atoms with van der Waals surface area (Å²) in [7, 11) is 0. The lowest BCUT2D eigenvalue weighted by Gasteiger charge is -2.14. The van der Waals surface area contributed by atoms with Crippen LogP contribution >= 0.6 is 11.3 Å². The van der Waals surface area contributed by atoms with Crippen LogP contribution in [0.25, 0.3) is 10.1 Å². The molecule has 102 valence electrons. The van der Waals surface area contributed by atoms with E-state index in [4.69, 9.17) is 5.73 Å². The minimum Gasteiger partial charge on any atom is -0.327 e. The standard InChI is InChI=1S/C17H23NS/c18-15(10-9-13-5-1-2-6-13)11-14-12-19-17-8-4-3-7-16(14)17/h3-4,7-8,12-13,15H,1-2,5-6,9-11,18H2. The summed E-state index contributed by atoms with van der Waals surface area (Å²) in [5, 5.41) is 3.70. The Balaban J connectivity index is 1.57. The molecule has 2 N–H and O–H groups in total. The minimum absolute atomic E-state index is 0.332. The number of hydrogen-bond donors (Lipinski definition) is 1. The second kappa shape index (κ2) is 6.06. The largest absolute Gasteiger partial charge is 0.327 e. The van der Waals surface area contributed by atoms with Gasteiger partial charge in [-0.1, -0.05) is 43.9 Å². The molecule has 19 heavy (non-hydrogen) atoms. The highest BCUT2D eigenvalue weighted by Gasteiger charge is 2.16. The summed E-state index contributed by atoms with van der Waals surface area (Å²) in [5.74, 6) is 0.963. The van der Waals surface area contributed by atoms with Crippen molar-refractivity contribution in [2.45, 2.75) is 51.0 Å². The molecular formula is C17H23NS. The highest BCUT2D eigenvalue weighted by molar-refractivity contribution is 7.17. The van der Waals surface area contributed by atoms with E-state index in [0.29, 0.717) is 6.04 Å². The fourth-order valence-corrected chi connectivity index (χ4v) is 4.30. The van der Waals surface area contributed by atoms with Crippen LogP contribution in [0.4, 0.5) is 0 Å². The van der Waals surface area contributed by atoms with Gasteiger partial charge in [-0.3, -0.25) is 0 Å². The molecule has 1 unspecified atom stereocenters. The molecule has 3 rings (SSSR count). The van der Waals surface area contributed by atoms with Gasteiger partial charge in [0, 0.05) is 10.7 Å². The molecule has 1 aliphatic rings. The zero-order chi connectivity index (χ0) is 13.1. The highest BCUT2D eigenvalue weighted by atomic mass is 32.1. The summed E-state index contributed by atoms with van der Waals surface area (Å²) in [6, 6.07) is 9.00.